The van der Waals surface area contributed by atoms with Gasteiger partial charge >= 0.3 is 0 Å². The predicted molar refractivity (Wildman–Crippen MR) is 98.5 cm³/mol. The molecular formula is C19H31N3O2. The molecule has 0 saturated carbocycles. The average molecular weight is 333 g/mol. The number of rotatable bonds is 7. The molecular weight excluding hydrogens is 302 g/mol. The van der Waals surface area contributed by atoms with Crippen LogP contribution < -0.4 is 5.32 Å². The summed E-state index contributed by atoms with van der Waals surface area (Å²) < 4.78 is 5.24. The zero-order valence-electron chi connectivity index (χ0n) is 15.5. The number of piperidine rings is 1. The van der Waals surface area contributed by atoms with Gasteiger partial charge in [0.2, 0.25) is 5.91 Å². The lowest BCUT2D eigenvalue weighted by atomic mass is 10.0. The molecule has 0 atom stereocenters. The van der Waals surface area contributed by atoms with Crippen LogP contribution in [0.2, 0.25) is 0 Å². The van der Waals surface area contributed by atoms with Crippen molar-refractivity contribution in [3.05, 3.63) is 29.3 Å². The molecule has 134 valence electrons. The van der Waals surface area contributed by atoms with Gasteiger partial charge in [-0.25, -0.2) is 0 Å². The Morgan fingerprint density at radius 2 is 2.04 bits per heavy atom. The summed E-state index contributed by atoms with van der Waals surface area (Å²) in [4.78, 5) is 17.2. The molecule has 5 heteroatoms. The molecule has 0 radical (unpaired) electrons. The van der Waals surface area contributed by atoms with E-state index in [0.717, 1.165) is 43.7 Å². The Hall–Kier alpha value is -1.43. The minimum Gasteiger partial charge on any atom is -0.383 e. The number of likely N-dealkylation sites (tertiary alicyclic amines) is 1. The molecule has 1 amide bonds. The highest BCUT2D eigenvalue weighted by atomic mass is 16.5. The molecule has 1 fully saturated rings. The topological polar surface area (TPSA) is 44.8 Å². The van der Waals surface area contributed by atoms with Crippen LogP contribution in [0.3, 0.4) is 0 Å². The largest absolute Gasteiger partial charge is 0.383 e. The van der Waals surface area contributed by atoms with Crippen LogP contribution in [0.5, 0.6) is 0 Å². The van der Waals surface area contributed by atoms with Gasteiger partial charge in [0.1, 0.15) is 0 Å². The Balaban J connectivity index is 1.97. The number of hydrogen-bond donors (Lipinski definition) is 1. The highest BCUT2D eigenvalue weighted by molar-refractivity contribution is 5.93. The molecule has 0 aromatic heterocycles. The third kappa shape index (κ3) is 5.30. The Labute approximate surface area is 146 Å². The quantitative estimate of drug-likeness (QED) is 0.831. The van der Waals surface area contributed by atoms with E-state index >= 15 is 0 Å². The number of carbonyl (C=O) groups is 1. The van der Waals surface area contributed by atoms with Crippen LogP contribution >= 0.6 is 0 Å². The summed E-state index contributed by atoms with van der Waals surface area (Å²) in [5.41, 5.74) is 3.24. The summed E-state index contributed by atoms with van der Waals surface area (Å²) in [6.45, 7) is 8.16. The highest BCUT2D eigenvalue weighted by Crippen LogP contribution is 2.19. The minimum atomic E-state index is 0.0544. The van der Waals surface area contributed by atoms with Crippen molar-refractivity contribution < 1.29 is 9.53 Å². The van der Waals surface area contributed by atoms with Crippen LogP contribution in [0.25, 0.3) is 0 Å². The van der Waals surface area contributed by atoms with E-state index in [-0.39, 0.29) is 5.91 Å². The fourth-order valence-electron chi connectivity index (χ4n) is 3.22. The smallest absolute Gasteiger partial charge is 0.238 e. The average Bonchev–Trinajstić information content (AvgIpc) is 2.56. The molecule has 1 saturated heterocycles. The van der Waals surface area contributed by atoms with E-state index < -0.39 is 0 Å². The number of hydrogen-bond acceptors (Lipinski definition) is 4. The van der Waals surface area contributed by atoms with Crippen molar-refractivity contribution >= 4 is 11.6 Å². The molecule has 0 bridgehead atoms. The van der Waals surface area contributed by atoms with Gasteiger partial charge < -0.3 is 15.0 Å². The Morgan fingerprint density at radius 1 is 1.33 bits per heavy atom. The van der Waals surface area contributed by atoms with Crippen LogP contribution in [-0.2, 0) is 9.53 Å². The van der Waals surface area contributed by atoms with Crippen molar-refractivity contribution in [1.82, 2.24) is 9.80 Å². The van der Waals surface area contributed by atoms with Gasteiger partial charge in [0, 0.05) is 25.4 Å². The number of amides is 1. The third-order valence-electron chi connectivity index (χ3n) is 5.01. The monoisotopic (exact) mass is 333 g/mol. The first-order valence-electron chi connectivity index (χ1n) is 8.79. The van der Waals surface area contributed by atoms with Crippen molar-refractivity contribution in [2.75, 3.05) is 52.3 Å². The number of nitrogens with one attached hydrogen (secondary N) is 1. The molecule has 24 heavy (non-hydrogen) atoms. The molecule has 1 aromatic rings. The number of nitrogens with zero attached hydrogens (tertiary/aromatic N) is 2. The van der Waals surface area contributed by atoms with Gasteiger partial charge in [-0.2, -0.15) is 0 Å². The number of carbonyl (C=O) groups excluding carboxylic acids is 1. The molecule has 2 rings (SSSR count). The fourth-order valence-corrected chi connectivity index (χ4v) is 3.22. The number of benzene rings is 1. The van der Waals surface area contributed by atoms with Crippen molar-refractivity contribution in [1.29, 1.82) is 0 Å². The fraction of sp³-hybridized carbons (Fsp3) is 0.632. The lowest BCUT2D eigenvalue weighted by Gasteiger charge is -2.36. The van der Waals surface area contributed by atoms with Crippen LogP contribution in [0, 0.1) is 13.8 Å². The second kappa shape index (κ2) is 9.16. The van der Waals surface area contributed by atoms with Crippen molar-refractivity contribution in [3.8, 4) is 0 Å². The predicted octanol–water partition coefficient (Wildman–Crippen LogP) is 2.28. The van der Waals surface area contributed by atoms with Crippen LogP contribution in [-0.4, -0.2) is 68.7 Å². The minimum absolute atomic E-state index is 0.0544. The zero-order valence-corrected chi connectivity index (χ0v) is 15.5. The number of anilines is 1. The highest BCUT2D eigenvalue weighted by Gasteiger charge is 2.24. The molecule has 0 spiro atoms. The Kier molecular flexibility index (Phi) is 7.21. The maximum absolute atomic E-state index is 12.6. The summed E-state index contributed by atoms with van der Waals surface area (Å²) in [5.74, 6) is 0.0544. The van der Waals surface area contributed by atoms with E-state index in [1.807, 2.05) is 19.1 Å². The summed E-state index contributed by atoms with van der Waals surface area (Å²) in [5, 5.41) is 3.07. The van der Waals surface area contributed by atoms with Crippen LogP contribution in [0.15, 0.2) is 18.2 Å². The second-order valence-electron chi connectivity index (χ2n) is 6.79. The lowest BCUT2D eigenvalue weighted by molar-refractivity contribution is -0.118. The standard InChI is InChI=1S/C19H31N3O2/c1-15-6-5-7-18(16(15)2)20-19(23)14-22(12-13-24-4)17-8-10-21(3)11-9-17/h5-7,17H,8-14H2,1-4H3,(H,20,23). The van der Waals surface area contributed by atoms with Gasteiger partial charge in [-0.3, -0.25) is 9.69 Å². The first kappa shape index (κ1) is 18.9. The van der Waals surface area contributed by atoms with E-state index in [4.69, 9.17) is 4.74 Å². The van der Waals surface area contributed by atoms with Gasteiger partial charge in [0.05, 0.1) is 13.2 Å². The van der Waals surface area contributed by atoms with Gasteiger partial charge in [0.15, 0.2) is 0 Å². The van der Waals surface area contributed by atoms with Crippen molar-refractivity contribution in [3.63, 3.8) is 0 Å². The maximum atomic E-state index is 12.6. The van der Waals surface area contributed by atoms with Crippen LogP contribution in [0.4, 0.5) is 5.69 Å². The SMILES string of the molecule is COCCN(CC(=O)Nc1cccc(C)c1C)C1CCN(C)CC1. The molecule has 0 aliphatic carbocycles. The van der Waals surface area contributed by atoms with Crippen LogP contribution in [0.1, 0.15) is 24.0 Å². The second-order valence-corrected chi connectivity index (χ2v) is 6.79. The van der Waals surface area contributed by atoms with Crippen molar-refractivity contribution in [2.45, 2.75) is 32.7 Å². The summed E-state index contributed by atoms with van der Waals surface area (Å²) in [6.07, 6.45) is 2.22. The van der Waals surface area contributed by atoms with Crippen molar-refractivity contribution in [2.24, 2.45) is 0 Å². The Bertz CT molecular complexity index is 539. The number of methoxy groups -OCH3 is 1. The van der Waals surface area contributed by atoms with E-state index in [2.05, 4.69) is 35.2 Å². The van der Waals surface area contributed by atoms with Gasteiger partial charge in [0.25, 0.3) is 0 Å². The Morgan fingerprint density at radius 3 is 2.71 bits per heavy atom. The summed E-state index contributed by atoms with van der Waals surface area (Å²) in [6, 6.07) is 6.47. The normalized spacial score (nSPS) is 16.5. The molecule has 0 unspecified atom stereocenters. The molecule has 1 heterocycles. The molecule has 5 nitrogen and oxygen atoms in total. The number of ether oxygens (including phenoxy) is 1. The first-order valence-corrected chi connectivity index (χ1v) is 8.79. The first-order chi connectivity index (χ1) is 11.5. The molecule has 1 aliphatic rings. The van der Waals surface area contributed by atoms with Gasteiger partial charge in [-0.05, 0) is 64.0 Å². The lowest BCUT2D eigenvalue weighted by Crippen LogP contribution is -2.47. The van der Waals surface area contributed by atoms with Gasteiger partial charge in [-0.15, -0.1) is 0 Å². The maximum Gasteiger partial charge on any atom is 0.238 e. The molecule has 1 aromatic carbocycles. The summed E-state index contributed by atoms with van der Waals surface area (Å²) in [7, 11) is 3.87. The van der Waals surface area contributed by atoms with E-state index in [9.17, 15) is 4.79 Å². The zero-order chi connectivity index (χ0) is 17.5. The van der Waals surface area contributed by atoms with E-state index in [0.29, 0.717) is 19.2 Å². The summed E-state index contributed by atoms with van der Waals surface area (Å²) >= 11 is 0. The van der Waals surface area contributed by atoms with Gasteiger partial charge in [-0.1, -0.05) is 12.1 Å². The third-order valence-corrected chi connectivity index (χ3v) is 5.01. The molecule has 1 aliphatic heterocycles. The van der Waals surface area contributed by atoms with E-state index in [1.54, 1.807) is 7.11 Å². The van der Waals surface area contributed by atoms with E-state index in [1.165, 1.54) is 5.56 Å². The number of aryl methyl sites for hydroxylation is 1. The molecule has 1 N–H and O–H groups in total.